The van der Waals surface area contributed by atoms with Crippen molar-refractivity contribution in [1.82, 2.24) is 0 Å². The second-order valence-electron chi connectivity index (χ2n) is 9.09. The number of nitrogens with two attached hydrogens (primary N) is 1. The highest BCUT2D eigenvalue weighted by atomic mass is 19.1. The van der Waals surface area contributed by atoms with Crippen molar-refractivity contribution in [3.05, 3.63) is 88.2 Å². The van der Waals surface area contributed by atoms with E-state index in [1.54, 1.807) is 6.07 Å². The normalized spacial score (nSPS) is 11.4. The first-order chi connectivity index (χ1) is 15.3. The van der Waals surface area contributed by atoms with Gasteiger partial charge >= 0.3 is 0 Å². The van der Waals surface area contributed by atoms with Crippen LogP contribution >= 0.6 is 0 Å². The maximum atomic E-state index is 15.0. The van der Waals surface area contributed by atoms with E-state index in [0.717, 1.165) is 33.7 Å². The van der Waals surface area contributed by atoms with Crippen molar-refractivity contribution >= 4 is 27.2 Å². The Morgan fingerprint density at radius 2 is 1.59 bits per heavy atom. The smallest absolute Gasteiger partial charge is 0.139 e. The lowest BCUT2D eigenvalue weighted by Crippen LogP contribution is -1.98. The van der Waals surface area contributed by atoms with Gasteiger partial charge in [0, 0.05) is 16.6 Å². The zero-order valence-electron chi connectivity index (χ0n) is 19.5. The van der Waals surface area contributed by atoms with E-state index in [9.17, 15) is 0 Å². The van der Waals surface area contributed by atoms with Crippen LogP contribution in [-0.2, 0) is 6.42 Å². The van der Waals surface area contributed by atoms with Gasteiger partial charge in [0.25, 0.3) is 0 Å². The summed E-state index contributed by atoms with van der Waals surface area (Å²) in [5, 5.41) is 4.20. The van der Waals surface area contributed by atoms with Gasteiger partial charge in [-0.1, -0.05) is 76.8 Å². The molecule has 2 heteroatoms. The molecular formula is C30H30FN. The van der Waals surface area contributed by atoms with Crippen LogP contribution < -0.4 is 5.73 Å². The molecule has 0 aromatic heterocycles. The summed E-state index contributed by atoms with van der Waals surface area (Å²) in [6.07, 6.45) is 0.963. The lowest BCUT2D eigenvalue weighted by molar-refractivity contribution is 0.626. The molecule has 0 amide bonds. The zero-order valence-corrected chi connectivity index (χ0v) is 19.5. The first-order valence-electron chi connectivity index (χ1n) is 11.4. The molecule has 0 heterocycles. The van der Waals surface area contributed by atoms with Crippen LogP contribution in [0, 0.1) is 17.7 Å². The van der Waals surface area contributed by atoms with Crippen molar-refractivity contribution in [2.45, 2.75) is 52.9 Å². The quantitative estimate of drug-likeness (QED) is 0.263. The van der Waals surface area contributed by atoms with Crippen LogP contribution in [0.2, 0.25) is 0 Å². The molecule has 0 aliphatic rings. The maximum absolute atomic E-state index is 15.0. The van der Waals surface area contributed by atoms with Crippen molar-refractivity contribution in [3.63, 3.8) is 0 Å². The van der Waals surface area contributed by atoms with Gasteiger partial charge in [-0.05, 0) is 75.4 Å². The molecule has 0 aliphatic heterocycles. The Morgan fingerprint density at radius 1 is 0.844 bits per heavy atom. The number of rotatable bonds is 3. The summed E-state index contributed by atoms with van der Waals surface area (Å²) in [4.78, 5) is 0. The Labute approximate surface area is 190 Å². The van der Waals surface area contributed by atoms with Crippen LogP contribution in [-0.4, -0.2) is 0 Å². The van der Waals surface area contributed by atoms with Crippen LogP contribution in [0.1, 0.15) is 74.3 Å². The second kappa shape index (κ2) is 8.67. The third-order valence-electron chi connectivity index (χ3n) is 6.23. The Hall–Kier alpha value is -3.31. The summed E-state index contributed by atoms with van der Waals surface area (Å²) in [5.74, 6) is 6.84. The molecule has 1 nitrogen and oxygen atoms in total. The molecule has 0 spiro atoms. The summed E-state index contributed by atoms with van der Waals surface area (Å²) >= 11 is 0. The summed E-state index contributed by atoms with van der Waals surface area (Å²) < 4.78 is 15.0. The average Bonchev–Trinajstić information content (AvgIpc) is 2.77. The predicted molar refractivity (Wildman–Crippen MR) is 136 cm³/mol. The Kier molecular flexibility index (Phi) is 5.94. The van der Waals surface area contributed by atoms with Crippen molar-refractivity contribution in [2.75, 3.05) is 5.73 Å². The molecule has 0 aliphatic carbocycles. The molecule has 2 N–H and O–H groups in total. The molecule has 0 atom stereocenters. The summed E-state index contributed by atoms with van der Waals surface area (Å²) in [6, 6.07) is 17.8. The number of halogens is 1. The SMILES string of the molecule is CCc1cccc2c(C#Cc3c(F)ccc4cc(N)cc(C(C)C)c34)ccc(C(C)C)c12. The molecule has 4 aromatic carbocycles. The van der Waals surface area contributed by atoms with E-state index in [-0.39, 0.29) is 11.7 Å². The Balaban J connectivity index is 1.99. The number of fused-ring (bicyclic) bond motifs is 2. The highest BCUT2D eigenvalue weighted by Gasteiger charge is 2.14. The number of benzene rings is 4. The van der Waals surface area contributed by atoms with Crippen molar-refractivity contribution in [1.29, 1.82) is 0 Å². The van der Waals surface area contributed by atoms with Crippen molar-refractivity contribution in [2.24, 2.45) is 0 Å². The summed E-state index contributed by atoms with van der Waals surface area (Å²) in [5.41, 5.74) is 11.9. The Morgan fingerprint density at radius 3 is 2.28 bits per heavy atom. The molecule has 0 fully saturated rings. The maximum Gasteiger partial charge on any atom is 0.139 e. The van der Waals surface area contributed by atoms with Crippen LogP contribution in [0.25, 0.3) is 21.5 Å². The van der Waals surface area contributed by atoms with Gasteiger partial charge in [-0.3, -0.25) is 0 Å². The molecule has 4 aromatic rings. The van der Waals surface area contributed by atoms with Gasteiger partial charge in [0.2, 0.25) is 0 Å². The minimum atomic E-state index is -0.297. The number of nitrogen functional groups attached to an aromatic ring is 1. The third-order valence-corrected chi connectivity index (χ3v) is 6.23. The third kappa shape index (κ3) is 3.84. The van der Waals surface area contributed by atoms with Gasteiger partial charge in [0.15, 0.2) is 0 Å². The van der Waals surface area contributed by atoms with E-state index in [1.165, 1.54) is 22.6 Å². The van der Waals surface area contributed by atoms with Crippen LogP contribution in [0.5, 0.6) is 0 Å². The Bertz CT molecular complexity index is 1380. The molecule has 0 unspecified atom stereocenters. The topological polar surface area (TPSA) is 26.0 Å². The molecule has 32 heavy (non-hydrogen) atoms. The molecule has 0 saturated carbocycles. The summed E-state index contributed by atoms with van der Waals surface area (Å²) in [6.45, 7) is 10.8. The molecule has 0 bridgehead atoms. The van der Waals surface area contributed by atoms with E-state index in [1.807, 2.05) is 12.1 Å². The molecule has 162 valence electrons. The van der Waals surface area contributed by atoms with E-state index in [4.69, 9.17) is 5.73 Å². The van der Waals surface area contributed by atoms with Crippen molar-refractivity contribution in [3.8, 4) is 11.8 Å². The van der Waals surface area contributed by atoms with Gasteiger partial charge in [-0.15, -0.1) is 0 Å². The second-order valence-corrected chi connectivity index (χ2v) is 9.09. The van der Waals surface area contributed by atoms with Gasteiger partial charge in [-0.25, -0.2) is 4.39 Å². The number of hydrogen-bond donors (Lipinski definition) is 1. The van der Waals surface area contributed by atoms with Crippen LogP contribution in [0.15, 0.2) is 54.6 Å². The van der Waals surface area contributed by atoms with Gasteiger partial charge in [-0.2, -0.15) is 0 Å². The van der Waals surface area contributed by atoms with E-state index in [0.29, 0.717) is 17.2 Å². The fourth-order valence-electron chi connectivity index (χ4n) is 4.60. The van der Waals surface area contributed by atoms with E-state index in [2.05, 4.69) is 76.8 Å². The zero-order chi connectivity index (χ0) is 23.0. The first kappa shape index (κ1) is 21.9. The monoisotopic (exact) mass is 423 g/mol. The van der Waals surface area contributed by atoms with Crippen molar-refractivity contribution < 1.29 is 4.39 Å². The lowest BCUT2D eigenvalue weighted by atomic mass is 9.89. The molecule has 0 radical (unpaired) electrons. The summed E-state index contributed by atoms with van der Waals surface area (Å²) in [7, 11) is 0. The number of anilines is 1. The molecule has 0 saturated heterocycles. The van der Waals surface area contributed by atoms with Crippen LogP contribution in [0.3, 0.4) is 0 Å². The highest BCUT2D eigenvalue weighted by molar-refractivity contribution is 5.96. The minimum Gasteiger partial charge on any atom is -0.399 e. The standard InChI is InChI=1S/C30H30FN/c1-6-20-8-7-9-25-21(10-13-24(18(2)3)29(20)25)11-14-26-28(31)15-12-22-16-23(32)17-27(19(4)5)30(22)26/h7-10,12-13,15-19H,6,32H2,1-5H3. The minimum absolute atomic E-state index is 0.210. The fourth-order valence-corrected chi connectivity index (χ4v) is 4.60. The van der Waals surface area contributed by atoms with E-state index < -0.39 is 0 Å². The first-order valence-corrected chi connectivity index (χ1v) is 11.4. The number of hydrogen-bond acceptors (Lipinski definition) is 1. The lowest BCUT2D eigenvalue weighted by Gasteiger charge is -2.15. The van der Waals surface area contributed by atoms with Gasteiger partial charge < -0.3 is 5.73 Å². The number of aryl methyl sites for hydroxylation is 1. The molecular weight excluding hydrogens is 393 g/mol. The van der Waals surface area contributed by atoms with Crippen LogP contribution in [0.4, 0.5) is 10.1 Å². The largest absolute Gasteiger partial charge is 0.399 e. The average molecular weight is 424 g/mol. The highest BCUT2D eigenvalue weighted by Crippen LogP contribution is 2.33. The van der Waals surface area contributed by atoms with Gasteiger partial charge in [0.1, 0.15) is 5.82 Å². The van der Waals surface area contributed by atoms with E-state index >= 15 is 4.39 Å². The predicted octanol–water partition coefficient (Wildman–Crippen LogP) is 7.92. The fraction of sp³-hybridized carbons (Fsp3) is 0.267. The molecule has 4 rings (SSSR count). The van der Waals surface area contributed by atoms with Gasteiger partial charge in [0.05, 0.1) is 5.56 Å².